The predicted octanol–water partition coefficient (Wildman–Crippen LogP) is 4.66. The van der Waals surface area contributed by atoms with Crippen LogP contribution in [0, 0.1) is 11.6 Å². The summed E-state index contributed by atoms with van der Waals surface area (Å²) in [6.07, 6.45) is 0. The molecule has 0 aliphatic carbocycles. The average Bonchev–Trinajstić information content (AvgIpc) is 2.68. The zero-order valence-electron chi connectivity index (χ0n) is 9.95. The Morgan fingerprint density at radius 3 is 2.45 bits per heavy atom. The summed E-state index contributed by atoms with van der Waals surface area (Å²) in [5.41, 5.74) is 1.73. The van der Waals surface area contributed by atoms with E-state index in [1.165, 1.54) is 12.1 Å². The molecule has 104 valence electrons. The first-order valence-electron chi connectivity index (χ1n) is 5.48. The molecule has 1 heterocycles. The minimum Gasteiger partial charge on any atom is -0.326 e. The lowest BCUT2D eigenvalue weighted by atomic mass is 10.3. The third-order valence-electron chi connectivity index (χ3n) is 2.57. The van der Waals surface area contributed by atoms with E-state index in [2.05, 4.69) is 15.3 Å². The third kappa shape index (κ3) is 3.00. The van der Waals surface area contributed by atoms with E-state index >= 15 is 0 Å². The van der Waals surface area contributed by atoms with Crippen LogP contribution in [0.1, 0.15) is 0 Å². The van der Waals surface area contributed by atoms with Crippen LogP contribution in [-0.4, -0.2) is 9.97 Å². The van der Waals surface area contributed by atoms with Crippen LogP contribution < -0.4 is 5.32 Å². The van der Waals surface area contributed by atoms with Crippen molar-refractivity contribution >= 4 is 46.7 Å². The number of imidazole rings is 1. The number of hydrogen-bond donors (Lipinski definition) is 2. The molecule has 20 heavy (non-hydrogen) atoms. The summed E-state index contributed by atoms with van der Waals surface area (Å²) in [4.78, 5) is 7.21. The van der Waals surface area contributed by atoms with Crippen molar-refractivity contribution in [2.75, 3.05) is 5.32 Å². The minimum absolute atomic E-state index is 0. The highest BCUT2D eigenvalue weighted by molar-refractivity contribution is 6.31. The first-order valence-corrected chi connectivity index (χ1v) is 5.86. The summed E-state index contributed by atoms with van der Waals surface area (Å²) in [6, 6.07) is 8.37. The highest BCUT2D eigenvalue weighted by Crippen LogP contribution is 2.22. The second-order valence-corrected chi connectivity index (χ2v) is 4.47. The molecule has 3 rings (SSSR count). The van der Waals surface area contributed by atoms with Gasteiger partial charge in [0, 0.05) is 16.8 Å². The molecule has 2 N–H and O–H groups in total. The van der Waals surface area contributed by atoms with E-state index < -0.39 is 11.6 Å². The standard InChI is InChI=1S/C13H8ClF2N3.ClH/c14-7-1-2-11-12(3-7)19-13(18-11)17-10-5-8(15)4-9(16)6-10;/h1-6H,(H2,17,18,19);1H. The molecule has 0 saturated heterocycles. The molecule has 0 unspecified atom stereocenters. The van der Waals surface area contributed by atoms with Gasteiger partial charge in [-0.1, -0.05) is 11.6 Å². The van der Waals surface area contributed by atoms with Gasteiger partial charge in [-0.15, -0.1) is 12.4 Å². The van der Waals surface area contributed by atoms with Crippen molar-refractivity contribution in [3.05, 3.63) is 53.1 Å². The van der Waals surface area contributed by atoms with Gasteiger partial charge >= 0.3 is 0 Å². The molecule has 2 aromatic carbocycles. The molecule has 0 spiro atoms. The summed E-state index contributed by atoms with van der Waals surface area (Å²) in [7, 11) is 0. The first-order chi connectivity index (χ1) is 9.10. The van der Waals surface area contributed by atoms with Crippen molar-refractivity contribution < 1.29 is 8.78 Å². The monoisotopic (exact) mass is 315 g/mol. The Hall–Kier alpha value is -1.85. The normalized spacial score (nSPS) is 10.3. The Bertz CT molecular complexity index is 738. The topological polar surface area (TPSA) is 40.7 Å². The summed E-state index contributed by atoms with van der Waals surface area (Å²) in [5, 5.41) is 3.39. The molecule has 0 aliphatic rings. The summed E-state index contributed by atoms with van der Waals surface area (Å²) in [5.74, 6) is -0.912. The molecule has 0 saturated carbocycles. The Kier molecular flexibility index (Phi) is 4.11. The molecule has 3 nitrogen and oxygen atoms in total. The predicted molar refractivity (Wildman–Crippen MR) is 78.0 cm³/mol. The molecule has 0 fully saturated rings. The van der Waals surface area contributed by atoms with Crippen LogP contribution in [0.2, 0.25) is 5.02 Å². The molecule has 0 radical (unpaired) electrons. The van der Waals surface area contributed by atoms with Crippen molar-refractivity contribution in [3.63, 3.8) is 0 Å². The van der Waals surface area contributed by atoms with E-state index in [9.17, 15) is 8.78 Å². The number of benzene rings is 2. The van der Waals surface area contributed by atoms with Gasteiger partial charge in [-0.25, -0.2) is 13.8 Å². The Morgan fingerprint density at radius 1 is 1.05 bits per heavy atom. The molecular formula is C13H9Cl2F2N3. The minimum atomic E-state index is -0.651. The lowest BCUT2D eigenvalue weighted by Gasteiger charge is -2.02. The van der Waals surface area contributed by atoms with Crippen molar-refractivity contribution in [3.8, 4) is 0 Å². The summed E-state index contributed by atoms with van der Waals surface area (Å²) < 4.78 is 26.1. The van der Waals surface area contributed by atoms with Crippen molar-refractivity contribution in [2.24, 2.45) is 0 Å². The number of rotatable bonds is 2. The largest absolute Gasteiger partial charge is 0.326 e. The number of hydrogen-bond acceptors (Lipinski definition) is 2. The Labute approximate surface area is 124 Å². The van der Waals surface area contributed by atoms with Gasteiger partial charge in [0.25, 0.3) is 0 Å². The van der Waals surface area contributed by atoms with Gasteiger partial charge in [-0.05, 0) is 30.3 Å². The quantitative estimate of drug-likeness (QED) is 0.722. The first kappa shape index (κ1) is 14.6. The maximum atomic E-state index is 13.1. The molecule has 0 amide bonds. The maximum Gasteiger partial charge on any atom is 0.205 e. The molecular weight excluding hydrogens is 307 g/mol. The molecule has 0 aliphatic heterocycles. The number of fused-ring (bicyclic) bond motifs is 1. The Balaban J connectivity index is 0.00000147. The van der Waals surface area contributed by atoms with Crippen molar-refractivity contribution in [1.82, 2.24) is 9.97 Å². The molecule has 0 atom stereocenters. The third-order valence-corrected chi connectivity index (χ3v) is 2.80. The van der Waals surface area contributed by atoms with Gasteiger partial charge in [0.1, 0.15) is 11.6 Å². The molecule has 7 heteroatoms. The van der Waals surface area contributed by atoms with E-state index in [0.717, 1.165) is 11.6 Å². The van der Waals surface area contributed by atoms with Gasteiger partial charge in [0.2, 0.25) is 5.95 Å². The summed E-state index contributed by atoms with van der Waals surface area (Å²) in [6.45, 7) is 0. The van der Waals surface area contributed by atoms with E-state index in [4.69, 9.17) is 11.6 Å². The van der Waals surface area contributed by atoms with Crippen LogP contribution >= 0.6 is 24.0 Å². The van der Waals surface area contributed by atoms with Gasteiger partial charge in [-0.2, -0.15) is 0 Å². The SMILES string of the molecule is Cl.Fc1cc(F)cc(Nc2nc3ccc(Cl)cc3[nH]2)c1. The van der Waals surface area contributed by atoms with Crippen LogP contribution in [0.3, 0.4) is 0 Å². The molecule has 0 bridgehead atoms. The number of nitrogens with zero attached hydrogens (tertiary/aromatic N) is 1. The second-order valence-electron chi connectivity index (χ2n) is 4.03. The van der Waals surface area contributed by atoms with Crippen LogP contribution in [0.4, 0.5) is 20.4 Å². The van der Waals surface area contributed by atoms with Crippen molar-refractivity contribution in [1.29, 1.82) is 0 Å². The lowest BCUT2D eigenvalue weighted by molar-refractivity contribution is 0.584. The van der Waals surface area contributed by atoms with Gasteiger partial charge in [-0.3, -0.25) is 0 Å². The van der Waals surface area contributed by atoms with Gasteiger partial charge < -0.3 is 10.3 Å². The van der Waals surface area contributed by atoms with E-state index in [1.54, 1.807) is 18.2 Å². The smallest absolute Gasteiger partial charge is 0.205 e. The fraction of sp³-hybridized carbons (Fsp3) is 0. The maximum absolute atomic E-state index is 13.1. The molecule has 3 aromatic rings. The number of halogens is 4. The van der Waals surface area contributed by atoms with E-state index in [0.29, 0.717) is 16.5 Å². The number of aromatic amines is 1. The zero-order valence-corrected chi connectivity index (χ0v) is 11.5. The highest BCUT2D eigenvalue weighted by atomic mass is 35.5. The Morgan fingerprint density at radius 2 is 1.75 bits per heavy atom. The fourth-order valence-electron chi connectivity index (χ4n) is 1.80. The number of nitrogens with one attached hydrogen (secondary N) is 2. The van der Waals surface area contributed by atoms with Crippen LogP contribution in [0.25, 0.3) is 11.0 Å². The van der Waals surface area contributed by atoms with Crippen LogP contribution in [-0.2, 0) is 0 Å². The van der Waals surface area contributed by atoms with E-state index in [-0.39, 0.29) is 18.1 Å². The van der Waals surface area contributed by atoms with Gasteiger partial charge in [0.15, 0.2) is 0 Å². The molecule has 1 aromatic heterocycles. The zero-order chi connectivity index (χ0) is 13.4. The fourth-order valence-corrected chi connectivity index (χ4v) is 1.98. The van der Waals surface area contributed by atoms with Crippen molar-refractivity contribution in [2.45, 2.75) is 0 Å². The number of H-pyrrole nitrogens is 1. The van der Waals surface area contributed by atoms with Crippen LogP contribution in [0.15, 0.2) is 36.4 Å². The van der Waals surface area contributed by atoms with Crippen LogP contribution in [0.5, 0.6) is 0 Å². The number of anilines is 2. The van der Waals surface area contributed by atoms with Gasteiger partial charge in [0.05, 0.1) is 11.0 Å². The summed E-state index contributed by atoms with van der Waals surface area (Å²) >= 11 is 5.86. The number of aromatic nitrogens is 2. The highest BCUT2D eigenvalue weighted by Gasteiger charge is 2.05. The second kappa shape index (κ2) is 5.64. The average molecular weight is 316 g/mol. The lowest BCUT2D eigenvalue weighted by Crippen LogP contribution is -1.94. The van der Waals surface area contributed by atoms with E-state index in [1.807, 2.05) is 0 Å².